The van der Waals surface area contributed by atoms with Gasteiger partial charge in [-0.3, -0.25) is 4.90 Å². The number of thiophene rings is 1. The molecular formula is C16H21NOS. The van der Waals surface area contributed by atoms with Gasteiger partial charge in [-0.2, -0.15) is 0 Å². The van der Waals surface area contributed by atoms with Crippen LogP contribution in [-0.4, -0.2) is 23.1 Å². The average Bonchev–Trinajstić information content (AvgIpc) is 2.93. The minimum Gasteiger partial charge on any atom is -0.387 e. The highest BCUT2D eigenvalue weighted by Gasteiger charge is 2.13. The largest absolute Gasteiger partial charge is 0.387 e. The van der Waals surface area contributed by atoms with E-state index in [1.807, 2.05) is 30.3 Å². The van der Waals surface area contributed by atoms with Crippen LogP contribution in [0.3, 0.4) is 0 Å². The maximum atomic E-state index is 10.3. The molecule has 0 radical (unpaired) electrons. The summed E-state index contributed by atoms with van der Waals surface area (Å²) < 4.78 is 0. The van der Waals surface area contributed by atoms with Crippen molar-refractivity contribution in [3.8, 4) is 0 Å². The first kappa shape index (κ1) is 14.3. The molecule has 19 heavy (non-hydrogen) atoms. The molecule has 0 aliphatic carbocycles. The normalized spacial score (nSPS) is 12.8. The van der Waals surface area contributed by atoms with E-state index in [9.17, 15) is 5.11 Å². The fraction of sp³-hybridized carbons (Fsp3) is 0.375. The van der Waals surface area contributed by atoms with Crippen LogP contribution < -0.4 is 0 Å². The van der Waals surface area contributed by atoms with Crippen molar-refractivity contribution < 1.29 is 5.11 Å². The predicted molar refractivity (Wildman–Crippen MR) is 81.3 cm³/mol. The van der Waals surface area contributed by atoms with Crippen LogP contribution in [0.4, 0.5) is 0 Å². The molecule has 0 aliphatic rings. The summed E-state index contributed by atoms with van der Waals surface area (Å²) in [4.78, 5) is 3.68. The molecule has 1 aromatic carbocycles. The van der Waals surface area contributed by atoms with E-state index in [4.69, 9.17) is 0 Å². The lowest BCUT2D eigenvalue weighted by atomic mass is 10.1. The lowest BCUT2D eigenvalue weighted by Crippen LogP contribution is -2.28. The Kier molecular flexibility index (Phi) is 5.58. The Morgan fingerprint density at radius 1 is 1.16 bits per heavy atom. The quantitative estimate of drug-likeness (QED) is 0.833. The fourth-order valence-electron chi connectivity index (χ4n) is 2.20. The highest BCUT2D eigenvalue weighted by atomic mass is 32.1. The Labute approximate surface area is 119 Å². The van der Waals surface area contributed by atoms with Crippen molar-refractivity contribution in [2.24, 2.45) is 0 Å². The van der Waals surface area contributed by atoms with Gasteiger partial charge in [-0.25, -0.2) is 0 Å². The van der Waals surface area contributed by atoms with Gasteiger partial charge in [0.05, 0.1) is 6.10 Å². The minimum absolute atomic E-state index is 0.410. The standard InChI is InChI=1S/C16H21NOS/c1-2-10-17(12-15-9-6-11-19-15)13-16(18)14-7-4-3-5-8-14/h3-9,11,16,18H,2,10,12-13H2,1H3/t16-/m1/s1. The van der Waals surface area contributed by atoms with Gasteiger partial charge in [-0.15, -0.1) is 11.3 Å². The van der Waals surface area contributed by atoms with Gasteiger partial charge in [0.15, 0.2) is 0 Å². The topological polar surface area (TPSA) is 23.5 Å². The summed E-state index contributed by atoms with van der Waals surface area (Å²) in [5.41, 5.74) is 0.995. The highest BCUT2D eigenvalue weighted by Crippen LogP contribution is 2.17. The molecule has 0 saturated heterocycles. The van der Waals surface area contributed by atoms with Crippen LogP contribution in [0.2, 0.25) is 0 Å². The first-order valence-corrected chi connectivity index (χ1v) is 7.65. The van der Waals surface area contributed by atoms with Gasteiger partial charge >= 0.3 is 0 Å². The van der Waals surface area contributed by atoms with Crippen LogP contribution >= 0.6 is 11.3 Å². The summed E-state index contributed by atoms with van der Waals surface area (Å²) in [6, 6.07) is 14.1. The van der Waals surface area contributed by atoms with Crippen molar-refractivity contribution in [1.29, 1.82) is 0 Å². The van der Waals surface area contributed by atoms with Gasteiger partial charge in [-0.1, -0.05) is 43.3 Å². The molecule has 0 unspecified atom stereocenters. The summed E-state index contributed by atoms with van der Waals surface area (Å²) >= 11 is 1.78. The van der Waals surface area contributed by atoms with Crippen molar-refractivity contribution in [2.45, 2.75) is 26.0 Å². The third-order valence-corrected chi connectivity index (χ3v) is 3.98. The Morgan fingerprint density at radius 3 is 2.58 bits per heavy atom. The smallest absolute Gasteiger partial charge is 0.0917 e. The second-order valence-corrected chi connectivity index (χ2v) is 5.77. The zero-order valence-electron chi connectivity index (χ0n) is 11.3. The minimum atomic E-state index is -0.410. The molecule has 2 nitrogen and oxygen atoms in total. The number of aliphatic hydroxyl groups excluding tert-OH is 1. The van der Waals surface area contributed by atoms with Gasteiger partial charge in [0, 0.05) is 18.0 Å². The Bertz CT molecular complexity index is 455. The van der Waals surface area contributed by atoms with E-state index in [0.717, 1.165) is 25.1 Å². The molecule has 1 N–H and O–H groups in total. The molecule has 0 amide bonds. The lowest BCUT2D eigenvalue weighted by Gasteiger charge is -2.24. The molecule has 0 bridgehead atoms. The van der Waals surface area contributed by atoms with Gasteiger partial charge < -0.3 is 5.11 Å². The molecule has 0 spiro atoms. The van der Waals surface area contributed by atoms with Crippen molar-refractivity contribution in [1.82, 2.24) is 4.90 Å². The second kappa shape index (κ2) is 7.43. The number of rotatable bonds is 7. The van der Waals surface area contributed by atoms with Crippen LogP contribution in [0.15, 0.2) is 47.8 Å². The molecule has 0 saturated carbocycles. The Hall–Kier alpha value is -1.16. The van der Waals surface area contributed by atoms with Gasteiger partial charge in [0.1, 0.15) is 0 Å². The third-order valence-electron chi connectivity index (χ3n) is 3.11. The first-order valence-electron chi connectivity index (χ1n) is 6.77. The van der Waals surface area contributed by atoms with Gasteiger partial charge in [0.2, 0.25) is 0 Å². The van der Waals surface area contributed by atoms with E-state index in [2.05, 4.69) is 29.3 Å². The average molecular weight is 275 g/mol. The van der Waals surface area contributed by atoms with Crippen LogP contribution in [0.25, 0.3) is 0 Å². The molecule has 3 heteroatoms. The van der Waals surface area contributed by atoms with Crippen molar-refractivity contribution >= 4 is 11.3 Å². The van der Waals surface area contributed by atoms with Crippen molar-refractivity contribution in [3.05, 3.63) is 58.3 Å². The van der Waals surface area contributed by atoms with E-state index in [0.29, 0.717) is 6.54 Å². The van der Waals surface area contributed by atoms with Crippen LogP contribution in [0.5, 0.6) is 0 Å². The zero-order valence-corrected chi connectivity index (χ0v) is 12.1. The van der Waals surface area contributed by atoms with Crippen molar-refractivity contribution in [3.63, 3.8) is 0 Å². The first-order chi connectivity index (χ1) is 9.29. The number of hydrogen-bond acceptors (Lipinski definition) is 3. The number of nitrogens with zero attached hydrogens (tertiary/aromatic N) is 1. The maximum absolute atomic E-state index is 10.3. The molecule has 0 aliphatic heterocycles. The van der Waals surface area contributed by atoms with E-state index in [1.165, 1.54) is 4.88 Å². The van der Waals surface area contributed by atoms with Crippen LogP contribution in [0, 0.1) is 0 Å². The summed E-state index contributed by atoms with van der Waals surface area (Å²) in [5.74, 6) is 0. The highest BCUT2D eigenvalue weighted by molar-refractivity contribution is 7.09. The van der Waals surface area contributed by atoms with Crippen LogP contribution in [0.1, 0.15) is 29.9 Å². The Balaban J connectivity index is 1.96. The maximum Gasteiger partial charge on any atom is 0.0917 e. The Morgan fingerprint density at radius 2 is 1.95 bits per heavy atom. The monoisotopic (exact) mass is 275 g/mol. The summed E-state index contributed by atoms with van der Waals surface area (Å²) in [6.45, 7) is 4.81. The molecule has 0 fully saturated rings. The predicted octanol–water partition coefficient (Wildman–Crippen LogP) is 3.69. The van der Waals surface area contributed by atoms with E-state index < -0.39 is 6.10 Å². The molecule has 1 heterocycles. The molecule has 1 atom stereocenters. The molecule has 2 aromatic rings. The second-order valence-electron chi connectivity index (χ2n) is 4.74. The van der Waals surface area contributed by atoms with E-state index >= 15 is 0 Å². The summed E-state index contributed by atoms with van der Waals surface area (Å²) in [6.07, 6.45) is 0.695. The zero-order chi connectivity index (χ0) is 13.5. The number of hydrogen-bond donors (Lipinski definition) is 1. The molecular weight excluding hydrogens is 254 g/mol. The third kappa shape index (κ3) is 4.46. The lowest BCUT2D eigenvalue weighted by molar-refractivity contribution is 0.109. The fourth-order valence-corrected chi connectivity index (χ4v) is 2.95. The number of aliphatic hydroxyl groups is 1. The molecule has 2 rings (SSSR count). The van der Waals surface area contributed by atoms with Crippen molar-refractivity contribution in [2.75, 3.05) is 13.1 Å². The van der Waals surface area contributed by atoms with E-state index in [1.54, 1.807) is 11.3 Å². The SMILES string of the molecule is CCCN(Cc1cccs1)C[C@@H](O)c1ccccc1. The molecule has 1 aromatic heterocycles. The van der Waals surface area contributed by atoms with Crippen LogP contribution in [-0.2, 0) is 6.54 Å². The number of benzene rings is 1. The van der Waals surface area contributed by atoms with Gasteiger partial charge in [-0.05, 0) is 30.0 Å². The summed E-state index contributed by atoms with van der Waals surface area (Å²) in [5, 5.41) is 12.4. The molecule has 102 valence electrons. The van der Waals surface area contributed by atoms with E-state index in [-0.39, 0.29) is 0 Å². The summed E-state index contributed by atoms with van der Waals surface area (Å²) in [7, 11) is 0. The van der Waals surface area contributed by atoms with Gasteiger partial charge in [0.25, 0.3) is 0 Å².